The summed E-state index contributed by atoms with van der Waals surface area (Å²) < 4.78 is 4.88. The van der Waals surface area contributed by atoms with Gasteiger partial charge in [-0.05, 0) is 98.7 Å². The largest absolute Gasteiger partial charge is 0.469 e. The predicted molar refractivity (Wildman–Crippen MR) is 114 cm³/mol. The van der Waals surface area contributed by atoms with Crippen LogP contribution in [0.4, 0.5) is 0 Å². The Kier molecular flexibility index (Phi) is 7.50. The zero-order valence-electron chi connectivity index (χ0n) is 18.8. The number of hydrogen-bond acceptors (Lipinski definition) is 3. The second-order valence-electron chi connectivity index (χ2n) is 10.7. The zero-order chi connectivity index (χ0) is 20.3. The lowest BCUT2D eigenvalue weighted by Crippen LogP contribution is -2.44. The number of carbonyl (C=O) groups excluding carboxylic acids is 1. The molecule has 0 aliphatic heterocycles. The number of aliphatic hydroxyl groups excluding tert-OH is 1. The fraction of sp³-hybridized carbons (Fsp3) is 0.960. The van der Waals surface area contributed by atoms with Gasteiger partial charge in [-0.25, -0.2) is 0 Å². The fourth-order valence-corrected chi connectivity index (χ4v) is 7.64. The Labute approximate surface area is 173 Å². The summed E-state index contributed by atoms with van der Waals surface area (Å²) in [6.07, 6.45) is 14.0. The molecule has 3 saturated carbocycles. The van der Waals surface area contributed by atoms with E-state index in [4.69, 9.17) is 4.74 Å². The maximum absolute atomic E-state index is 11.6. The maximum atomic E-state index is 11.6. The highest BCUT2D eigenvalue weighted by molar-refractivity contribution is 5.69. The van der Waals surface area contributed by atoms with Crippen molar-refractivity contribution in [1.82, 2.24) is 0 Å². The van der Waals surface area contributed by atoms with E-state index < -0.39 is 0 Å². The van der Waals surface area contributed by atoms with Gasteiger partial charge in [-0.3, -0.25) is 4.79 Å². The van der Waals surface area contributed by atoms with Crippen LogP contribution in [0.2, 0.25) is 0 Å². The van der Waals surface area contributed by atoms with Crippen LogP contribution in [0.15, 0.2) is 0 Å². The molecule has 1 N–H and O–H groups in total. The van der Waals surface area contributed by atoms with Crippen molar-refractivity contribution in [3.05, 3.63) is 0 Å². The van der Waals surface area contributed by atoms with E-state index in [9.17, 15) is 9.90 Å². The first-order valence-corrected chi connectivity index (χ1v) is 12.1. The van der Waals surface area contributed by atoms with Crippen LogP contribution in [-0.2, 0) is 9.53 Å². The van der Waals surface area contributed by atoms with E-state index in [1.54, 1.807) is 0 Å². The van der Waals surface area contributed by atoms with Gasteiger partial charge in [0.05, 0.1) is 13.2 Å². The van der Waals surface area contributed by atoms with Crippen LogP contribution in [0.1, 0.15) is 97.8 Å². The Hall–Kier alpha value is -0.570. The van der Waals surface area contributed by atoms with Gasteiger partial charge in [0.15, 0.2) is 0 Å². The van der Waals surface area contributed by atoms with Gasteiger partial charge in [0.1, 0.15) is 0 Å². The van der Waals surface area contributed by atoms with Crippen LogP contribution in [0, 0.1) is 40.9 Å². The normalized spacial score (nSPS) is 42.9. The van der Waals surface area contributed by atoms with Gasteiger partial charge >= 0.3 is 5.97 Å². The molecule has 3 nitrogen and oxygen atoms in total. The number of fused-ring (bicyclic) bond motifs is 3. The average Bonchev–Trinajstić information content (AvgIpc) is 3.04. The summed E-state index contributed by atoms with van der Waals surface area (Å²) in [5.74, 6) is 4.66. The highest BCUT2D eigenvalue weighted by atomic mass is 16.5. The van der Waals surface area contributed by atoms with E-state index in [0.717, 1.165) is 48.9 Å². The smallest absolute Gasteiger partial charge is 0.305 e. The molecule has 0 radical (unpaired) electrons. The predicted octanol–water partition coefficient (Wildman–Crippen LogP) is 5.99. The lowest BCUT2D eigenvalue weighted by Gasteiger charge is -2.52. The minimum Gasteiger partial charge on any atom is -0.469 e. The maximum Gasteiger partial charge on any atom is 0.305 e. The molecule has 0 bridgehead atoms. The number of carbonyl (C=O) groups is 1. The third-order valence-electron chi connectivity index (χ3n) is 9.30. The Balaban J connectivity index is 1.71. The summed E-state index contributed by atoms with van der Waals surface area (Å²) in [5.41, 5.74) is 0.458. The van der Waals surface area contributed by atoms with Gasteiger partial charge in [-0.1, -0.05) is 33.6 Å². The molecule has 162 valence electrons. The highest BCUT2D eigenvalue weighted by Gasteiger charge is 2.55. The molecule has 3 heteroatoms. The topological polar surface area (TPSA) is 46.5 Å². The minimum absolute atomic E-state index is 0.0568. The van der Waals surface area contributed by atoms with Crippen molar-refractivity contribution in [2.24, 2.45) is 40.9 Å². The van der Waals surface area contributed by atoms with Crippen molar-refractivity contribution in [2.45, 2.75) is 104 Å². The number of esters is 1. The fourth-order valence-electron chi connectivity index (χ4n) is 7.64. The molecule has 0 aromatic heterocycles. The van der Waals surface area contributed by atoms with Crippen LogP contribution < -0.4 is 0 Å². The Morgan fingerprint density at radius 2 is 1.82 bits per heavy atom. The van der Waals surface area contributed by atoms with Gasteiger partial charge in [0.2, 0.25) is 0 Å². The summed E-state index contributed by atoms with van der Waals surface area (Å²) in [5, 5.41) is 10.2. The molecule has 28 heavy (non-hydrogen) atoms. The Bertz CT molecular complexity index is 518. The molecule has 3 fully saturated rings. The lowest BCUT2D eigenvalue weighted by molar-refractivity contribution is -0.141. The quantitative estimate of drug-likeness (QED) is 0.598. The van der Waals surface area contributed by atoms with Gasteiger partial charge in [0, 0.05) is 6.42 Å². The molecule has 3 rings (SSSR count). The third kappa shape index (κ3) is 4.60. The summed E-state index contributed by atoms with van der Waals surface area (Å²) in [6.45, 7) is 7.43. The van der Waals surface area contributed by atoms with E-state index in [0.29, 0.717) is 17.8 Å². The molecular formula is C25H44O3. The van der Waals surface area contributed by atoms with Gasteiger partial charge in [0.25, 0.3) is 0 Å². The molecule has 8 atom stereocenters. The molecule has 0 aromatic rings. The van der Waals surface area contributed by atoms with Gasteiger partial charge in [-0.15, -0.1) is 0 Å². The van der Waals surface area contributed by atoms with E-state index in [1.165, 1.54) is 58.5 Å². The van der Waals surface area contributed by atoms with E-state index in [2.05, 4.69) is 20.8 Å². The SMILES string of the molecule is COC(=O)CCC(C)C1CCC2C3CCCCC(O)CCC(C)C3CCC12C. The van der Waals surface area contributed by atoms with Crippen molar-refractivity contribution in [3.8, 4) is 0 Å². The molecule has 0 spiro atoms. The van der Waals surface area contributed by atoms with Crippen molar-refractivity contribution < 1.29 is 14.6 Å². The van der Waals surface area contributed by atoms with Crippen LogP contribution in [-0.4, -0.2) is 24.3 Å². The first kappa shape index (κ1) is 22.1. The Morgan fingerprint density at radius 3 is 2.57 bits per heavy atom. The molecular weight excluding hydrogens is 348 g/mol. The average molecular weight is 393 g/mol. The molecule has 0 saturated heterocycles. The summed E-state index contributed by atoms with van der Waals surface area (Å²) in [7, 11) is 1.50. The van der Waals surface area contributed by atoms with Crippen LogP contribution in [0.5, 0.6) is 0 Å². The van der Waals surface area contributed by atoms with Crippen LogP contribution in [0.25, 0.3) is 0 Å². The van der Waals surface area contributed by atoms with E-state index in [-0.39, 0.29) is 12.1 Å². The van der Waals surface area contributed by atoms with E-state index >= 15 is 0 Å². The lowest BCUT2D eigenvalue weighted by atomic mass is 9.53. The number of rotatable bonds is 4. The van der Waals surface area contributed by atoms with Gasteiger partial charge < -0.3 is 9.84 Å². The number of methoxy groups -OCH3 is 1. The number of ether oxygens (including phenoxy) is 1. The standard InChI is InChI=1S/C25H44O3/c1-17-9-11-19(26)7-5-6-8-21-20(17)15-16-25(3)22(12-13-23(21)25)18(2)10-14-24(27)28-4/h17-23,26H,5-16H2,1-4H3. The second kappa shape index (κ2) is 9.49. The number of aliphatic hydroxyl groups is 1. The number of hydrogen-bond donors (Lipinski definition) is 1. The summed E-state index contributed by atoms with van der Waals surface area (Å²) >= 11 is 0. The molecule has 8 unspecified atom stereocenters. The highest BCUT2D eigenvalue weighted by Crippen LogP contribution is 2.63. The van der Waals surface area contributed by atoms with Crippen molar-refractivity contribution in [2.75, 3.05) is 7.11 Å². The van der Waals surface area contributed by atoms with Crippen LogP contribution in [0.3, 0.4) is 0 Å². The molecule has 0 amide bonds. The first-order chi connectivity index (χ1) is 13.4. The molecule has 0 aromatic carbocycles. The molecule has 3 aliphatic rings. The summed E-state index contributed by atoms with van der Waals surface area (Å²) in [4.78, 5) is 11.6. The Morgan fingerprint density at radius 1 is 1.07 bits per heavy atom. The monoisotopic (exact) mass is 392 g/mol. The second-order valence-corrected chi connectivity index (χ2v) is 10.7. The van der Waals surface area contributed by atoms with Crippen molar-refractivity contribution in [3.63, 3.8) is 0 Å². The first-order valence-electron chi connectivity index (χ1n) is 12.1. The minimum atomic E-state index is -0.0700. The van der Waals surface area contributed by atoms with Gasteiger partial charge in [-0.2, -0.15) is 0 Å². The van der Waals surface area contributed by atoms with E-state index in [1.807, 2.05) is 0 Å². The molecule has 0 heterocycles. The zero-order valence-corrected chi connectivity index (χ0v) is 18.8. The third-order valence-corrected chi connectivity index (χ3v) is 9.30. The molecule has 3 aliphatic carbocycles. The van der Waals surface area contributed by atoms with Crippen molar-refractivity contribution >= 4 is 5.97 Å². The summed E-state index contributed by atoms with van der Waals surface area (Å²) in [6, 6.07) is 0. The van der Waals surface area contributed by atoms with Crippen LogP contribution >= 0.6 is 0 Å². The van der Waals surface area contributed by atoms with Crippen molar-refractivity contribution in [1.29, 1.82) is 0 Å².